The van der Waals surface area contributed by atoms with Crippen molar-refractivity contribution in [3.8, 4) is 6.07 Å². The van der Waals surface area contributed by atoms with Crippen molar-refractivity contribution in [1.82, 2.24) is 4.90 Å². The molecule has 1 saturated carbocycles. The van der Waals surface area contributed by atoms with E-state index < -0.39 is 5.41 Å². The number of nitrogens with one attached hydrogen (secondary N) is 1. The molecule has 2 aromatic carbocycles. The number of nitrogens with zero attached hydrogens (tertiary/aromatic N) is 2. The fraction of sp³-hybridized carbons (Fsp3) is 0.250. The lowest BCUT2D eigenvalue weighted by atomic mass is 10.0. The topological polar surface area (TPSA) is 73.2 Å². The first-order valence-electron chi connectivity index (χ1n) is 8.16. The Bertz CT molecular complexity index is 818. The molecule has 0 unspecified atom stereocenters. The fourth-order valence-corrected chi connectivity index (χ4v) is 2.84. The minimum absolute atomic E-state index is 0.150. The Hall–Kier alpha value is -3.13. The third-order valence-corrected chi connectivity index (χ3v) is 4.48. The lowest BCUT2D eigenvalue weighted by Gasteiger charge is -2.23. The second-order valence-corrected chi connectivity index (χ2v) is 6.37. The summed E-state index contributed by atoms with van der Waals surface area (Å²) in [6.45, 7) is 0.478. The molecule has 0 aromatic heterocycles. The minimum Gasteiger partial charge on any atom is -0.340 e. The maximum absolute atomic E-state index is 12.8. The third kappa shape index (κ3) is 3.53. The van der Waals surface area contributed by atoms with Crippen LogP contribution < -0.4 is 5.32 Å². The van der Waals surface area contributed by atoms with Crippen molar-refractivity contribution in [3.05, 3.63) is 65.7 Å². The zero-order valence-electron chi connectivity index (χ0n) is 14.0. The van der Waals surface area contributed by atoms with Gasteiger partial charge in [-0.05, 0) is 42.7 Å². The normalized spacial score (nSPS) is 14.2. The highest BCUT2D eigenvalue weighted by Gasteiger charge is 2.57. The molecule has 0 radical (unpaired) electrons. The monoisotopic (exact) mass is 333 g/mol. The van der Waals surface area contributed by atoms with Crippen molar-refractivity contribution in [2.75, 3.05) is 12.4 Å². The quantitative estimate of drug-likeness (QED) is 0.855. The lowest BCUT2D eigenvalue weighted by molar-refractivity contribution is -0.141. The van der Waals surface area contributed by atoms with E-state index in [4.69, 9.17) is 5.26 Å². The van der Waals surface area contributed by atoms with Crippen molar-refractivity contribution in [3.63, 3.8) is 0 Å². The Morgan fingerprint density at radius 3 is 2.32 bits per heavy atom. The first-order chi connectivity index (χ1) is 12.0. The molecular weight excluding hydrogens is 314 g/mol. The van der Waals surface area contributed by atoms with Crippen LogP contribution in [0.15, 0.2) is 54.6 Å². The van der Waals surface area contributed by atoms with Gasteiger partial charge in [0.05, 0.1) is 11.6 Å². The van der Waals surface area contributed by atoms with Gasteiger partial charge in [0.25, 0.3) is 0 Å². The summed E-state index contributed by atoms with van der Waals surface area (Å²) < 4.78 is 0. The number of rotatable bonds is 5. The van der Waals surface area contributed by atoms with E-state index in [1.807, 2.05) is 36.4 Å². The van der Waals surface area contributed by atoms with Crippen LogP contribution in [0.1, 0.15) is 24.0 Å². The second-order valence-electron chi connectivity index (χ2n) is 6.37. The summed E-state index contributed by atoms with van der Waals surface area (Å²) in [5, 5.41) is 11.6. The van der Waals surface area contributed by atoms with Gasteiger partial charge in [-0.3, -0.25) is 9.59 Å². The van der Waals surface area contributed by atoms with Crippen LogP contribution in [0.3, 0.4) is 0 Å². The van der Waals surface area contributed by atoms with Crippen molar-refractivity contribution >= 4 is 17.5 Å². The molecule has 5 heteroatoms. The molecule has 3 rings (SSSR count). The average molecular weight is 333 g/mol. The van der Waals surface area contributed by atoms with Gasteiger partial charge in [-0.15, -0.1) is 0 Å². The number of carbonyl (C=O) groups is 2. The van der Waals surface area contributed by atoms with Crippen LogP contribution in [0, 0.1) is 16.7 Å². The zero-order chi connectivity index (χ0) is 17.9. The summed E-state index contributed by atoms with van der Waals surface area (Å²) in [6, 6.07) is 18.4. The first-order valence-corrected chi connectivity index (χ1v) is 8.16. The van der Waals surface area contributed by atoms with Crippen LogP contribution in [0.4, 0.5) is 5.69 Å². The summed E-state index contributed by atoms with van der Waals surface area (Å²) in [6.07, 6.45) is 1.13. The van der Waals surface area contributed by atoms with Crippen LogP contribution in [-0.2, 0) is 16.1 Å². The number of carbonyl (C=O) groups excluding carboxylic acids is 2. The maximum Gasteiger partial charge on any atom is 0.240 e. The summed E-state index contributed by atoms with van der Waals surface area (Å²) in [5.41, 5.74) is 1.19. The molecule has 0 spiro atoms. The summed E-state index contributed by atoms with van der Waals surface area (Å²) in [4.78, 5) is 27.0. The second kappa shape index (κ2) is 6.78. The standard InChI is InChI=1S/C20H19N3O2/c1-23(14-16-5-3-2-4-6-16)19(25)20(11-12-20)18(24)22-17-9-7-15(13-21)8-10-17/h2-10H,11-12,14H2,1H3,(H,22,24). The van der Waals surface area contributed by atoms with Crippen LogP contribution in [-0.4, -0.2) is 23.8 Å². The summed E-state index contributed by atoms with van der Waals surface area (Å²) in [7, 11) is 1.73. The molecule has 0 aliphatic heterocycles. The van der Waals surface area contributed by atoms with Gasteiger partial charge in [0.2, 0.25) is 11.8 Å². The van der Waals surface area contributed by atoms with Gasteiger partial charge < -0.3 is 10.2 Å². The highest BCUT2D eigenvalue weighted by atomic mass is 16.2. The van der Waals surface area contributed by atoms with Gasteiger partial charge in [-0.25, -0.2) is 0 Å². The van der Waals surface area contributed by atoms with Crippen molar-refractivity contribution in [2.24, 2.45) is 5.41 Å². The first kappa shape index (κ1) is 16.7. The van der Waals surface area contributed by atoms with E-state index in [1.165, 1.54) is 0 Å². The molecule has 1 N–H and O–H groups in total. The maximum atomic E-state index is 12.8. The van der Waals surface area contributed by atoms with E-state index in [9.17, 15) is 9.59 Å². The molecule has 1 aliphatic carbocycles. The number of nitriles is 1. The molecule has 0 atom stereocenters. The molecule has 5 nitrogen and oxygen atoms in total. The number of hydrogen-bond donors (Lipinski definition) is 1. The Morgan fingerprint density at radius 1 is 1.12 bits per heavy atom. The minimum atomic E-state index is -0.961. The third-order valence-electron chi connectivity index (χ3n) is 4.48. The molecule has 1 fully saturated rings. The van der Waals surface area contributed by atoms with Crippen molar-refractivity contribution < 1.29 is 9.59 Å². The van der Waals surface area contributed by atoms with Crippen LogP contribution in [0.25, 0.3) is 0 Å². The van der Waals surface area contributed by atoms with Gasteiger partial charge >= 0.3 is 0 Å². The van der Waals surface area contributed by atoms with E-state index in [0.717, 1.165) is 5.56 Å². The number of anilines is 1. The van der Waals surface area contributed by atoms with Crippen LogP contribution in [0.2, 0.25) is 0 Å². The van der Waals surface area contributed by atoms with E-state index in [-0.39, 0.29) is 11.8 Å². The average Bonchev–Trinajstić information content (AvgIpc) is 3.44. The van der Waals surface area contributed by atoms with Gasteiger partial charge in [0, 0.05) is 19.3 Å². The lowest BCUT2D eigenvalue weighted by Crippen LogP contribution is -2.40. The van der Waals surface area contributed by atoms with E-state index in [0.29, 0.717) is 30.6 Å². The van der Waals surface area contributed by atoms with E-state index in [1.54, 1.807) is 36.2 Å². The molecule has 1 aliphatic rings. The SMILES string of the molecule is CN(Cc1ccccc1)C(=O)C1(C(=O)Nc2ccc(C#N)cc2)CC1. The molecule has 2 amide bonds. The molecule has 0 heterocycles. The predicted molar refractivity (Wildman–Crippen MR) is 94.4 cm³/mol. The van der Waals surface area contributed by atoms with Crippen molar-refractivity contribution in [1.29, 1.82) is 5.26 Å². The van der Waals surface area contributed by atoms with Gasteiger partial charge in [0.15, 0.2) is 0 Å². The van der Waals surface area contributed by atoms with Crippen LogP contribution in [0.5, 0.6) is 0 Å². The van der Waals surface area contributed by atoms with Crippen LogP contribution >= 0.6 is 0 Å². The summed E-state index contributed by atoms with van der Waals surface area (Å²) >= 11 is 0. The number of benzene rings is 2. The largest absolute Gasteiger partial charge is 0.340 e. The predicted octanol–water partition coefficient (Wildman–Crippen LogP) is 2.94. The Morgan fingerprint density at radius 2 is 1.76 bits per heavy atom. The number of amides is 2. The highest BCUT2D eigenvalue weighted by molar-refractivity contribution is 6.12. The fourth-order valence-electron chi connectivity index (χ4n) is 2.84. The molecule has 0 bridgehead atoms. The highest BCUT2D eigenvalue weighted by Crippen LogP contribution is 2.48. The number of hydrogen-bond acceptors (Lipinski definition) is 3. The zero-order valence-corrected chi connectivity index (χ0v) is 14.0. The molecule has 2 aromatic rings. The van der Waals surface area contributed by atoms with Gasteiger partial charge in [-0.1, -0.05) is 30.3 Å². The Balaban J connectivity index is 1.66. The van der Waals surface area contributed by atoms with E-state index >= 15 is 0 Å². The van der Waals surface area contributed by atoms with Gasteiger partial charge in [0.1, 0.15) is 5.41 Å². The molecular formula is C20H19N3O2. The smallest absolute Gasteiger partial charge is 0.240 e. The van der Waals surface area contributed by atoms with E-state index in [2.05, 4.69) is 5.32 Å². The van der Waals surface area contributed by atoms with Crippen molar-refractivity contribution in [2.45, 2.75) is 19.4 Å². The molecule has 25 heavy (non-hydrogen) atoms. The molecule has 0 saturated heterocycles. The Labute approximate surface area is 146 Å². The molecule has 126 valence electrons. The Kier molecular flexibility index (Phi) is 4.53. The summed E-state index contributed by atoms with van der Waals surface area (Å²) in [5.74, 6) is -0.426. The van der Waals surface area contributed by atoms with Gasteiger partial charge in [-0.2, -0.15) is 5.26 Å².